The summed E-state index contributed by atoms with van der Waals surface area (Å²) in [5, 5.41) is 0. The first-order valence-corrected chi connectivity index (χ1v) is 8.46. The van der Waals surface area contributed by atoms with E-state index in [9.17, 15) is 13.2 Å². The molecule has 0 N–H and O–H groups in total. The Labute approximate surface area is 123 Å². The zero-order valence-electron chi connectivity index (χ0n) is 12.1. The molecule has 0 aliphatic carbocycles. The van der Waals surface area contributed by atoms with E-state index in [4.69, 9.17) is 4.42 Å². The van der Waals surface area contributed by atoms with Gasteiger partial charge in [-0.25, -0.2) is 13.2 Å². The Hall–Kier alpha value is -1.60. The van der Waals surface area contributed by atoms with Crippen molar-refractivity contribution in [1.82, 2.24) is 8.87 Å². The van der Waals surface area contributed by atoms with Crippen molar-refractivity contribution in [2.45, 2.75) is 37.1 Å². The van der Waals surface area contributed by atoms with Gasteiger partial charge in [0.15, 0.2) is 5.58 Å². The maximum atomic E-state index is 12.7. The molecule has 0 radical (unpaired) electrons. The monoisotopic (exact) mass is 310 g/mol. The Kier molecular flexibility index (Phi) is 3.41. The van der Waals surface area contributed by atoms with Gasteiger partial charge in [-0.05, 0) is 31.9 Å². The maximum Gasteiger partial charge on any atom is 0.419 e. The van der Waals surface area contributed by atoms with Gasteiger partial charge < -0.3 is 4.42 Å². The SMILES string of the molecule is C[C@@H]1CCCCN1S(=O)(=O)c1ccc2c(c1)oc(=O)n2C. The highest BCUT2D eigenvalue weighted by Crippen LogP contribution is 2.26. The van der Waals surface area contributed by atoms with Crippen LogP contribution in [0, 0.1) is 0 Å². The van der Waals surface area contributed by atoms with Crippen LogP contribution in [0.2, 0.25) is 0 Å². The molecule has 0 spiro atoms. The van der Waals surface area contributed by atoms with Gasteiger partial charge in [0.1, 0.15) is 0 Å². The summed E-state index contributed by atoms with van der Waals surface area (Å²) in [5.41, 5.74) is 0.888. The fourth-order valence-electron chi connectivity index (χ4n) is 2.84. The molecule has 1 aliphatic rings. The highest BCUT2D eigenvalue weighted by atomic mass is 32.2. The lowest BCUT2D eigenvalue weighted by atomic mass is 10.1. The van der Waals surface area contributed by atoms with Crippen molar-refractivity contribution in [2.75, 3.05) is 6.54 Å². The average molecular weight is 310 g/mol. The molecule has 1 saturated heterocycles. The van der Waals surface area contributed by atoms with Crippen molar-refractivity contribution in [3.63, 3.8) is 0 Å². The summed E-state index contributed by atoms with van der Waals surface area (Å²) in [6.45, 7) is 2.47. The third kappa shape index (κ3) is 2.30. The molecule has 3 rings (SSSR count). The fraction of sp³-hybridized carbons (Fsp3) is 0.500. The Balaban J connectivity index is 2.08. The predicted molar refractivity (Wildman–Crippen MR) is 78.7 cm³/mol. The van der Waals surface area contributed by atoms with E-state index in [-0.39, 0.29) is 10.9 Å². The molecular weight excluding hydrogens is 292 g/mol. The van der Waals surface area contributed by atoms with Crippen LogP contribution in [0.3, 0.4) is 0 Å². The lowest BCUT2D eigenvalue weighted by Crippen LogP contribution is -2.41. The second kappa shape index (κ2) is 4.99. The predicted octanol–water partition coefficient (Wildman–Crippen LogP) is 1.69. The molecule has 1 atom stereocenters. The van der Waals surface area contributed by atoms with Gasteiger partial charge in [0.05, 0.1) is 10.4 Å². The molecule has 6 nitrogen and oxygen atoms in total. The zero-order valence-corrected chi connectivity index (χ0v) is 12.9. The molecule has 2 aromatic rings. The Morgan fingerprint density at radius 2 is 2.05 bits per heavy atom. The van der Waals surface area contributed by atoms with E-state index in [1.165, 1.54) is 16.7 Å². The third-order valence-corrected chi connectivity index (χ3v) is 6.12. The smallest absolute Gasteiger partial charge is 0.408 e. The van der Waals surface area contributed by atoms with Crippen molar-refractivity contribution >= 4 is 21.1 Å². The number of oxazole rings is 1. The second-order valence-corrected chi connectivity index (χ2v) is 7.41. The molecule has 1 aliphatic heterocycles. The minimum atomic E-state index is -3.54. The summed E-state index contributed by atoms with van der Waals surface area (Å²) in [7, 11) is -1.95. The van der Waals surface area contributed by atoms with E-state index in [0.29, 0.717) is 17.6 Å². The molecule has 114 valence electrons. The number of sulfonamides is 1. The van der Waals surface area contributed by atoms with Gasteiger partial charge in [-0.2, -0.15) is 4.31 Å². The van der Waals surface area contributed by atoms with Crippen molar-refractivity contribution in [1.29, 1.82) is 0 Å². The van der Waals surface area contributed by atoms with Crippen molar-refractivity contribution in [3.8, 4) is 0 Å². The summed E-state index contributed by atoms with van der Waals surface area (Å²) in [4.78, 5) is 11.7. The molecule has 0 saturated carbocycles. The maximum absolute atomic E-state index is 12.7. The zero-order chi connectivity index (χ0) is 15.2. The second-order valence-electron chi connectivity index (χ2n) is 5.52. The molecule has 7 heteroatoms. The van der Waals surface area contributed by atoms with E-state index in [2.05, 4.69) is 0 Å². The molecule has 2 heterocycles. The molecule has 21 heavy (non-hydrogen) atoms. The molecule has 0 unspecified atom stereocenters. The molecule has 1 fully saturated rings. The van der Waals surface area contributed by atoms with Gasteiger partial charge in [-0.15, -0.1) is 0 Å². The van der Waals surface area contributed by atoms with Crippen LogP contribution in [0.5, 0.6) is 0 Å². The summed E-state index contributed by atoms with van der Waals surface area (Å²) in [5.74, 6) is -0.495. The van der Waals surface area contributed by atoms with Gasteiger partial charge in [-0.3, -0.25) is 4.57 Å². The minimum absolute atomic E-state index is 0.00206. The third-order valence-electron chi connectivity index (χ3n) is 4.11. The largest absolute Gasteiger partial charge is 0.419 e. The Morgan fingerprint density at radius 3 is 2.76 bits per heavy atom. The molecule has 1 aromatic carbocycles. The normalized spacial score (nSPS) is 21.0. The minimum Gasteiger partial charge on any atom is -0.408 e. The number of piperidine rings is 1. The first-order valence-electron chi connectivity index (χ1n) is 7.02. The molecule has 0 bridgehead atoms. The number of aromatic nitrogens is 1. The number of hydrogen-bond acceptors (Lipinski definition) is 4. The number of rotatable bonds is 2. The Morgan fingerprint density at radius 1 is 1.29 bits per heavy atom. The van der Waals surface area contributed by atoms with Crippen LogP contribution in [-0.4, -0.2) is 29.9 Å². The van der Waals surface area contributed by atoms with Crippen LogP contribution in [0.4, 0.5) is 0 Å². The van der Waals surface area contributed by atoms with E-state index < -0.39 is 15.8 Å². The summed E-state index contributed by atoms with van der Waals surface area (Å²) >= 11 is 0. The highest BCUT2D eigenvalue weighted by Gasteiger charge is 2.31. The van der Waals surface area contributed by atoms with Crippen molar-refractivity contribution in [3.05, 3.63) is 28.7 Å². The van der Waals surface area contributed by atoms with Crippen molar-refractivity contribution < 1.29 is 12.8 Å². The summed E-state index contributed by atoms with van der Waals surface area (Å²) in [6.07, 6.45) is 2.81. The average Bonchev–Trinajstić information content (AvgIpc) is 2.74. The van der Waals surface area contributed by atoms with Crippen molar-refractivity contribution in [2.24, 2.45) is 7.05 Å². The van der Waals surface area contributed by atoms with Crippen LogP contribution in [0.1, 0.15) is 26.2 Å². The van der Waals surface area contributed by atoms with E-state index in [1.807, 2.05) is 6.92 Å². The van der Waals surface area contributed by atoms with Gasteiger partial charge in [0.2, 0.25) is 10.0 Å². The highest BCUT2D eigenvalue weighted by molar-refractivity contribution is 7.89. The summed E-state index contributed by atoms with van der Waals surface area (Å²) in [6, 6.07) is 4.59. The van der Waals surface area contributed by atoms with E-state index >= 15 is 0 Å². The van der Waals surface area contributed by atoms with E-state index in [0.717, 1.165) is 19.3 Å². The van der Waals surface area contributed by atoms with Crippen LogP contribution in [0.25, 0.3) is 11.1 Å². The lowest BCUT2D eigenvalue weighted by molar-refractivity contribution is 0.268. The molecule has 1 aromatic heterocycles. The number of fused-ring (bicyclic) bond motifs is 1. The molecular formula is C14H18N2O4S. The van der Waals surface area contributed by atoms with Crippen LogP contribution in [0.15, 0.2) is 32.3 Å². The fourth-order valence-corrected chi connectivity index (χ4v) is 4.55. The van der Waals surface area contributed by atoms with Gasteiger partial charge in [0.25, 0.3) is 0 Å². The topological polar surface area (TPSA) is 72.5 Å². The standard InChI is InChI=1S/C14H18N2O4S/c1-10-5-3-4-8-16(10)21(18,19)11-6-7-12-13(9-11)20-14(17)15(12)2/h6-7,9-10H,3-5,8H2,1-2H3/t10-/m1/s1. The number of hydrogen-bond donors (Lipinski definition) is 0. The van der Waals surface area contributed by atoms with Crippen LogP contribution >= 0.6 is 0 Å². The van der Waals surface area contributed by atoms with Crippen LogP contribution < -0.4 is 5.76 Å². The number of benzene rings is 1. The van der Waals surface area contributed by atoms with Gasteiger partial charge in [0, 0.05) is 25.7 Å². The quantitative estimate of drug-likeness (QED) is 0.846. The first-order chi connectivity index (χ1) is 9.91. The van der Waals surface area contributed by atoms with Crippen LogP contribution in [-0.2, 0) is 17.1 Å². The van der Waals surface area contributed by atoms with E-state index in [1.54, 1.807) is 17.4 Å². The lowest BCUT2D eigenvalue weighted by Gasteiger charge is -2.32. The van der Waals surface area contributed by atoms with Gasteiger partial charge >= 0.3 is 5.76 Å². The number of aryl methyl sites for hydroxylation is 1. The first kappa shape index (κ1) is 14.3. The summed E-state index contributed by atoms with van der Waals surface area (Å²) < 4.78 is 33.4. The molecule has 0 amide bonds. The number of nitrogens with zero attached hydrogens (tertiary/aromatic N) is 2. The van der Waals surface area contributed by atoms with Gasteiger partial charge in [-0.1, -0.05) is 6.42 Å². The Bertz CT molecular complexity index is 834.